The molecule has 7 heterocycles. The van der Waals surface area contributed by atoms with Gasteiger partial charge in [-0.3, -0.25) is 0 Å². The first kappa shape index (κ1) is 64.1. The molecule has 7 saturated heterocycles. The van der Waals surface area contributed by atoms with Crippen molar-refractivity contribution >= 4 is 0 Å². The van der Waals surface area contributed by atoms with Gasteiger partial charge < -0.3 is 179 Å². The molecule has 0 saturated carbocycles. The molecule has 78 heavy (non-hydrogen) atoms. The van der Waals surface area contributed by atoms with Crippen molar-refractivity contribution in [1.29, 1.82) is 0 Å². The summed E-state index contributed by atoms with van der Waals surface area (Å²) in [5.41, 5.74) is 0. The van der Waals surface area contributed by atoms with Gasteiger partial charge in [0.25, 0.3) is 0 Å². The Morgan fingerprint density at radius 1 is 0.192 bits per heavy atom. The van der Waals surface area contributed by atoms with Crippen LogP contribution in [0.4, 0.5) is 0 Å². The Morgan fingerprint density at radius 3 is 0.705 bits per heavy atom. The van der Waals surface area contributed by atoms with Crippen molar-refractivity contribution in [3.63, 3.8) is 0 Å². The van der Waals surface area contributed by atoms with Crippen molar-refractivity contribution in [2.24, 2.45) is 0 Å². The Labute approximate surface area is 439 Å². The van der Waals surface area contributed by atoms with Crippen LogP contribution >= 0.6 is 0 Å². The highest BCUT2D eigenvalue weighted by molar-refractivity contribution is 5.01. The number of hydrogen-bond acceptors (Lipinski definition) is 36. The highest BCUT2D eigenvalue weighted by Gasteiger charge is 2.58. The van der Waals surface area contributed by atoms with Gasteiger partial charge in [-0.05, 0) is 0 Å². The van der Waals surface area contributed by atoms with Gasteiger partial charge in [-0.15, -0.1) is 0 Å². The van der Waals surface area contributed by atoms with Crippen LogP contribution < -0.4 is 0 Å². The minimum absolute atomic E-state index is 0.846. The lowest BCUT2D eigenvalue weighted by Gasteiger charge is -2.50. The molecule has 35 atom stereocenters. The summed E-state index contributed by atoms with van der Waals surface area (Å²) in [6.07, 6.45) is -68.1. The zero-order valence-corrected chi connectivity index (χ0v) is 40.8. The van der Waals surface area contributed by atoms with Gasteiger partial charge in [0.1, 0.15) is 171 Å². The van der Waals surface area contributed by atoms with Gasteiger partial charge in [0.15, 0.2) is 44.0 Å². The molecule has 7 rings (SSSR count). The first-order valence-electron chi connectivity index (χ1n) is 24.7. The summed E-state index contributed by atoms with van der Waals surface area (Å²) in [5, 5.41) is 244. The highest BCUT2D eigenvalue weighted by Crippen LogP contribution is 2.38. The SMILES string of the molecule is OC[C@H]1O[C@@H](O[C@H]2[C@H](O)[C@@H](O)[C@H](O[C@H]3[C@H](O)[C@@H](O)[C@H](O[C@@H]4[C@@H](O)[C@H](O[C@H]5[C@H](O)[C@@H](O)[C@H](O[C@H]6[C@H](O)[C@@H](O)[C@H](O[C@@H]7[C@H](O)[C@H](O)O[C@H](CO)[C@H]7O)O[C@@H]6CO)O[C@@H]5CO)O[C@H](CO)[C@H]4O)O[C@@H]3CO)O[C@@H]2CO)[C@H](O)[C@@H](O)[C@@H]1O. The summed E-state index contributed by atoms with van der Waals surface area (Å²) < 4.78 is 71.8. The van der Waals surface area contributed by atoms with E-state index >= 15 is 0 Å². The predicted octanol–water partition coefficient (Wildman–Crippen LogP) is -16.3. The normalized spacial score (nSPS) is 53.5. The number of aliphatic hydroxyl groups excluding tert-OH is 23. The van der Waals surface area contributed by atoms with Crippen LogP contribution in [-0.4, -0.2) is 379 Å². The fourth-order valence-corrected chi connectivity index (χ4v) is 10.00. The van der Waals surface area contributed by atoms with Crippen LogP contribution in [0.25, 0.3) is 0 Å². The summed E-state index contributed by atoms with van der Waals surface area (Å²) in [5.74, 6) is 0. The van der Waals surface area contributed by atoms with E-state index < -0.39 is 261 Å². The molecule has 0 aromatic heterocycles. The lowest BCUT2D eigenvalue weighted by molar-refractivity contribution is -0.398. The summed E-state index contributed by atoms with van der Waals surface area (Å²) in [6.45, 7) is -6.89. The molecule has 0 spiro atoms. The number of aliphatic hydroxyl groups is 23. The molecular formula is C42H72O36. The van der Waals surface area contributed by atoms with Gasteiger partial charge in [0.2, 0.25) is 0 Å². The third-order valence-corrected chi connectivity index (χ3v) is 14.5. The van der Waals surface area contributed by atoms with Crippen molar-refractivity contribution in [3.8, 4) is 0 Å². The first-order chi connectivity index (χ1) is 37.0. The molecule has 0 aromatic rings. The van der Waals surface area contributed by atoms with E-state index in [-0.39, 0.29) is 0 Å². The van der Waals surface area contributed by atoms with E-state index in [1.165, 1.54) is 0 Å². The Morgan fingerprint density at radius 2 is 0.410 bits per heavy atom. The smallest absolute Gasteiger partial charge is 0.187 e. The molecule has 456 valence electrons. The number of ether oxygens (including phenoxy) is 13. The molecule has 0 unspecified atom stereocenters. The molecule has 0 aromatic carbocycles. The number of hydrogen-bond donors (Lipinski definition) is 23. The van der Waals surface area contributed by atoms with Crippen LogP contribution in [0.3, 0.4) is 0 Å². The van der Waals surface area contributed by atoms with Gasteiger partial charge >= 0.3 is 0 Å². The second kappa shape index (κ2) is 27.5. The monoisotopic (exact) mass is 1150 g/mol. The molecule has 0 aliphatic carbocycles. The Kier molecular flexibility index (Phi) is 22.6. The maximum absolute atomic E-state index is 11.5. The molecule has 7 aliphatic heterocycles. The zero-order chi connectivity index (χ0) is 57.3. The fraction of sp³-hybridized carbons (Fsp3) is 1.00. The molecule has 23 N–H and O–H groups in total. The molecule has 0 radical (unpaired) electrons. The topological polar surface area (TPSA) is 585 Å². The minimum atomic E-state index is -2.26. The molecule has 36 nitrogen and oxygen atoms in total. The van der Waals surface area contributed by atoms with Gasteiger partial charge in [0, 0.05) is 0 Å². The Balaban J connectivity index is 0.976. The number of rotatable bonds is 19. The van der Waals surface area contributed by atoms with Crippen LogP contribution in [0, 0.1) is 0 Å². The van der Waals surface area contributed by atoms with E-state index in [1.54, 1.807) is 0 Å². The van der Waals surface area contributed by atoms with Crippen molar-refractivity contribution in [2.75, 3.05) is 46.2 Å². The standard InChI is InChI=1S/C42H72O36/c43-1-8-15(50)18(53)23(58)37(67-8)73-30-11(4-46)69-38(24(59)19(30)54)75-32-13(6-48)72-41(27(62)22(32)57)78-35-17(52)10(3-45)68-42(29(35)64)76-33-14(7-49)70-39(25(60)20(33)55)74-31-12(5-47)71-40(26(61)21(31)56)77-34-16(51)9(2-44)66-36(65)28(34)63/h8-65H,1-7H2/t8-,9-,10-,11-,12-,13-,14-,15-,16-,17-,18+,19-,20-,21-,22-,23-,24-,25-,26-,27-,28+,29-,30-,31-,32-,33-,34+,35+,36-,37+,38+,39+,40+,41+,42+/m1/s1. The molecule has 0 amide bonds. The van der Waals surface area contributed by atoms with E-state index in [1.807, 2.05) is 0 Å². The van der Waals surface area contributed by atoms with Crippen LogP contribution in [0.5, 0.6) is 0 Å². The molecule has 7 fully saturated rings. The van der Waals surface area contributed by atoms with Gasteiger partial charge in [-0.2, -0.15) is 0 Å². The lowest BCUT2D eigenvalue weighted by atomic mass is 9.95. The summed E-state index contributed by atoms with van der Waals surface area (Å²) in [6, 6.07) is 0. The third-order valence-electron chi connectivity index (χ3n) is 14.5. The van der Waals surface area contributed by atoms with E-state index in [2.05, 4.69) is 0 Å². The van der Waals surface area contributed by atoms with E-state index in [0.29, 0.717) is 0 Å². The average molecular weight is 1150 g/mol. The van der Waals surface area contributed by atoms with Crippen molar-refractivity contribution in [2.45, 2.75) is 215 Å². The average Bonchev–Trinajstić information content (AvgIpc) is 3.44. The van der Waals surface area contributed by atoms with Crippen molar-refractivity contribution < 1.29 is 179 Å². The lowest BCUT2D eigenvalue weighted by Crippen LogP contribution is -2.68. The van der Waals surface area contributed by atoms with Crippen LogP contribution in [-0.2, 0) is 61.6 Å². The summed E-state index contributed by atoms with van der Waals surface area (Å²) >= 11 is 0. The maximum atomic E-state index is 11.5. The van der Waals surface area contributed by atoms with Crippen LogP contribution in [0.2, 0.25) is 0 Å². The first-order valence-corrected chi connectivity index (χ1v) is 24.7. The molecule has 7 aliphatic rings. The fourth-order valence-electron chi connectivity index (χ4n) is 10.00. The minimum Gasteiger partial charge on any atom is -0.394 e. The summed E-state index contributed by atoms with van der Waals surface area (Å²) in [4.78, 5) is 0. The van der Waals surface area contributed by atoms with E-state index in [0.717, 1.165) is 0 Å². The molecule has 0 bridgehead atoms. The second-order valence-corrected chi connectivity index (χ2v) is 19.6. The van der Waals surface area contributed by atoms with Crippen molar-refractivity contribution in [3.05, 3.63) is 0 Å². The molecular weight excluding hydrogens is 1080 g/mol. The van der Waals surface area contributed by atoms with Crippen molar-refractivity contribution in [1.82, 2.24) is 0 Å². The van der Waals surface area contributed by atoms with E-state index in [4.69, 9.17) is 61.6 Å². The van der Waals surface area contributed by atoms with Gasteiger partial charge in [-0.25, -0.2) is 0 Å². The largest absolute Gasteiger partial charge is 0.394 e. The van der Waals surface area contributed by atoms with Gasteiger partial charge in [-0.1, -0.05) is 0 Å². The second-order valence-electron chi connectivity index (χ2n) is 19.6. The zero-order valence-electron chi connectivity index (χ0n) is 40.8. The predicted molar refractivity (Wildman–Crippen MR) is 232 cm³/mol. The Bertz CT molecular complexity index is 1810. The summed E-state index contributed by atoms with van der Waals surface area (Å²) in [7, 11) is 0. The van der Waals surface area contributed by atoms with Crippen LogP contribution in [0.1, 0.15) is 0 Å². The highest BCUT2D eigenvalue weighted by atomic mass is 16.8. The van der Waals surface area contributed by atoms with E-state index in [9.17, 15) is 117 Å². The quantitative estimate of drug-likeness (QED) is 0.0571. The maximum Gasteiger partial charge on any atom is 0.187 e. The van der Waals surface area contributed by atoms with Gasteiger partial charge in [0.05, 0.1) is 46.2 Å². The Hall–Kier alpha value is -1.44. The molecule has 36 heteroatoms. The third kappa shape index (κ3) is 12.9. The van der Waals surface area contributed by atoms with Crippen LogP contribution in [0.15, 0.2) is 0 Å².